The number of pyridine rings is 1. The van der Waals surface area contributed by atoms with Gasteiger partial charge in [0.2, 0.25) is 0 Å². The Bertz CT molecular complexity index is 1490. The Morgan fingerprint density at radius 3 is 2.31 bits per heavy atom. The van der Waals surface area contributed by atoms with Crippen LogP contribution in [0.25, 0.3) is 16.7 Å². The van der Waals surface area contributed by atoms with Gasteiger partial charge in [0, 0.05) is 25.2 Å². The molecule has 5 rings (SSSR count). The normalized spacial score (nSPS) is 14.9. The van der Waals surface area contributed by atoms with E-state index in [4.69, 9.17) is 0 Å². The number of hydrogen-bond acceptors (Lipinski definition) is 4. The van der Waals surface area contributed by atoms with Crippen molar-refractivity contribution in [3.05, 3.63) is 80.5 Å². The van der Waals surface area contributed by atoms with Crippen molar-refractivity contribution in [2.24, 2.45) is 5.92 Å². The maximum atomic E-state index is 12.9. The summed E-state index contributed by atoms with van der Waals surface area (Å²) in [6.07, 6.45) is 0.0462. The number of nitrogens with zero attached hydrogens (tertiary/aromatic N) is 4. The summed E-state index contributed by atoms with van der Waals surface area (Å²) in [6, 6.07) is 9.47. The molecule has 0 unspecified atom stereocenters. The number of halogens is 4. The number of aromatic nitrogens is 3. The second-order valence-corrected chi connectivity index (χ2v) is 8.96. The average Bonchev–Trinajstić information content (AvgIpc) is 3.29. The minimum absolute atomic E-state index is 0. The molecule has 4 heterocycles. The van der Waals surface area contributed by atoms with Crippen LogP contribution in [0.2, 0.25) is 0 Å². The Balaban J connectivity index is 0.00000304. The van der Waals surface area contributed by atoms with Crippen LogP contribution in [0.5, 0.6) is 0 Å². The van der Waals surface area contributed by atoms with E-state index >= 15 is 0 Å². The van der Waals surface area contributed by atoms with E-state index in [2.05, 4.69) is 4.98 Å². The van der Waals surface area contributed by atoms with Gasteiger partial charge in [-0.25, -0.2) is 4.98 Å². The smallest absolute Gasteiger partial charge is 0.339 e. The zero-order chi connectivity index (χ0) is 24.7. The van der Waals surface area contributed by atoms with E-state index in [-0.39, 0.29) is 35.0 Å². The van der Waals surface area contributed by atoms with Crippen LogP contribution in [0.1, 0.15) is 41.6 Å². The molecule has 0 bridgehead atoms. The Morgan fingerprint density at radius 1 is 0.972 bits per heavy atom. The molecule has 1 fully saturated rings. The van der Waals surface area contributed by atoms with E-state index in [9.17, 15) is 27.6 Å². The van der Waals surface area contributed by atoms with E-state index in [0.29, 0.717) is 48.7 Å². The number of hydrogen-bond donors (Lipinski definition) is 0. The summed E-state index contributed by atoms with van der Waals surface area (Å²) >= 11 is 0. The zero-order valence-electron chi connectivity index (χ0n) is 19.2. The Morgan fingerprint density at radius 2 is 1.64 bits per heavy atom. The summed E-state index contributed by atoms with van der Waals surface area (Å²) in [5.74, 6) is 0.0723. The Labute approximate surface area is 209 Å². The van der Waals surface area contributed by atoms with Gasteiger partial charge in [0.05, 0.1) is 11.8 Å². The zero-order valence-corrected chi connectivity index (χ0v) is 20.0. The van der Waals surface area contributed by atoms with Gasteiger partial charge in [-0.3, -0.25) is 23.4 Å². The number of likely N-dealkylation sites (tertiary alicyclic amines) is 1. The van der Waals surface area contributed by atoms with Crippen LogP contribution in [0, 0.1) is 5.92 Å². The molecule has 1 saturated heterocycles. The fourth-order valence-corrected chi connectivity index (χ4v) is 4.87. The van der Waals surface area contributed by atoms with E-state index in [1.807, 2.05) is 0 Å². The van der Waals surface area contributed by atoms with E-state index in [0.717, 1.165) is 31.4 Å². The van der Waals surface area contributed by atoms with Crippen LogP contribution in [0.15, 0.2) is 58.3 Å². The molecule has 11 heteroatoms. The molecule has 4 aromatic rings. The van der Waals surface area contributed by atoms with Gasteiger partial charge < -0.3 is 4.90 Å². The number of rotatable bonds is 5. The molecule has 1 amide bonds. The van der Waals surface area contributed by atoms with Gasteiger partial charge in [-0.05, 0) is 68.0 Å². The molecule has 0 atom stereocenters. The number of imidazole rings is 1. The molecule has 0 radical (unpaired) electrons. The standard InChI is InChI=1S/C25H23F3N4O3.ClH/c26-25(27,28)18-8-6-17(7-9-18)22(33)30-13-10-16(11-14-30)3-2-12-31-23(34)19-4-1-5-21-29-15-20(24(31)35)32(19)21;/h1,4-9,15-16H,2-3,10-14H2;1H. The lowest BCUT2D eigenvalue weighted by atomic mass is 9.92. The van der Waals surface area contributed by atoms with Crippen LogP contribution < -0.4 is 11.1 Å². The highest BCUT2D eigenvalue weighted by Gasteiger charge is 2.31. The summed E-state index contributed by atoms with van der Waals surface area (Å²) in [5, 5.41) is 0. The van der Waals surface area contributed by atoms with Crippen molar-refractivity contribution in [1.82, 2.24) is 18.9 Å². The van der Waals surface area contributed by atoms with Gasteiger partial charge in [-0.15, -0.1) is 12.4 Å². The lowest BCUT2D eigenvalue weighted by molar-refractivity contribution is -0.137. The van der Waals surface area contributed by atoms with Crippen LogP contribution in [-0.2, 0) is 12.7 Å². The first-order valence-electron chi connectivity index (χ1n) is 11.5. The molecule has 190 valence electrons. The minimum atomic E-state index is -4.43. The summed E-state index contributed by atoms with van der Waals surface area (Å²) < 4.78 is 41.1. The number of carbonyl (C=O) groups excluding carboxylic acids is 1. The molecule has 1 aliphatic heterocycles. The lowest BCUT2D eigenvalue weighted by Gasteiger charge is -2.32. The van der Waals surface area contributed by atoms with Crippen molar-refractivity contribution in [1.29, 1.82) is 0 Å². The molecule has 1 aliphatic rings. The molecular weight excluding hydrogens is 497 g/mol. The van der Waals surface area contributed by atoms with Crippen molar-refractivity contribution in [3.63, 3.8) is 0 Å². The minimum Gasteiger partial charge on any atom is -0.339 e. The number of carbonyl (C=O) groups is 1. The molecule has 0 N–H and O–H groups in total. The maximum Gasteiger partial charge on any atom is 0.416 e. The highest BCUT2D eigenvalue weighted by Crippen LogP contribution is 2.29. The molecule has 36 heavy (non-hydrogen) atoms. The van der Waals surface area contributed by atoms with E-state index in [1.165, 1.54) is 22.9 Å². The Hall–Kier alpha value is -3.40. The Kier molecular flexibility index (Phi) is 7.08. The lowest BCUT2D eigenvalue weighted by Crippen LogP contribution is -2.38. The number of benzene rings is 1. The third-order valence-electron chi connectivity index (χ3n) is 6.81. The molecular formula is C25H24ClF3N4O3. The predicted octanol–water partition coefficient (Wildman–Crippen LogP) is 4.22. The van der Waals surface area contributed by atoms with E-state index < -0.39 is 11.7 Å². The van der Waals surface area contributed by atoms with Gasteiger partial charge >= 0.3 is 6.18 Å². The maximum absolute atomic E-state index is 12.9. The predicted molar refractivity (Wildman–Crippen MR) is 131 cm³/mol. The van der Waals surface area contributed by atoms with Crippen LogP contribution in [0.4, 0.5) is 13.2 Å². The fraction of sp³-hybridized carbons (Fsp3) is 0.360. The SMILES string of the molecule is Cl.O=C(c1ccc(C(F)(F)F)cc1)N1CCC(CCCn2c(=O)c3cccc4ncc(c2=O)n43)CC1. The fourth-order valence-electron chi connectivity index (χ4n) is 4.87. The second kappa shape index (κ2) is 9.93. The van der Waals surface area contributed by atoms with E-state index in [1.54, 1.807) is 27.5 Å². The molecule has 1 aromatic carbocycles. The number of amides is 1. The topological polar surface area (TPSA) is 76.7 Å². The summed E-state index contributed by atoms with van der Waals surface area (Å²) in [4.78, 5) is 44.2. The van der Waals surface area contributed by atoms with Gasteiger partial charge in [-0.1, -0.05) is 6.07 Å². The van der Waals surface area contributed by atoms with Gasteiger partial charge in [-0.2, -0.15) is 13.2 Å². The highest BCUT2D eigenvalue weighted by molar-refractivity contribution is 5.94. The molecule has 0 spiro atoms. The number of piperidine rings is 1. The summed E-state index contributed by atoms with van der Waals surface area (Å²) in [7, 11) is 0. The first kappa shape index (κ1) is 25.7. The monoisotopic (exact) mass is 520 g/mol. The van der Waals surface area contributed by atoms with Gasteiger partial charge in [0.25, 0.3) is 17.0 Å². The first-order valence-corrected chi connectivity index (χ1v) is 11.5. The number of alkyl halides is 3. The van der Waals surface area contributed by atoms with Crippen molar-refractivity contribution in [2.45, 2.75) is 38.4 Å². The average molecular weight is 521 g/mol. The first-order chi connectivity index (χ1) is 16.7. The summed E-state index contributed by atoms with van der Waals surface area (Å²) in [6.45, 7) is 1.35. The van der Waals surface area contributed by atoms with Crippen molar-refractivity contribution < 1.29 is 18.0 Å². The second-order valence-electron chi connectivity index (χ2n) is 8.96. The molecule has 3 aromatic heterocycles. The van der Waals surface area contributed by atoms with Crippen LogP contribution in [0.3, 0.4) is 0 Å². The van der Waals surface area contributed by atoms with Crippen LogP contribution in [-0.4, -0.2) is 37.8 Å². The third-order valence-corrected chi connectivity index (χ3v) is 6.81. The van der Waals surface area contributed by atoms with Crippen molar-refractivity contribution in [3.8, 4) is 0 Å². The van der Waals surface area contributed by atoms with Crippen LogP contribution >= 0.6 is 12.4 Å². The largest absolute Gasteiger partial charge is 0.416 e. The molecule has 0 aliphatic carbocycles. The molecule has 0 saturated carbocycles. The van der Waals surface area contributed by atoms with Gasteiger partial charge in [0.15, 0.2) is 0 Å². The molecule has 7 nitrogen and oxygen atoms in total. The third kappa shape index (κ3) is 4.69. The quantitative estimate of drug-likeness (QED) is 0.395. The van der Waals surface area contributed by atoms with Crippen molar-refractivity contribution in [2.75, 3.05) is 13.1 Å². The van der Waals surface area contributed by atoms with Crippen molar-refractivity contribution >= 4 is 35.0 Å². The van der Waals surface area contributed by atoms with Gasteiger partial charge in [0.1, 0.15) is 16.7 Å². The highest BCUT2D eigenvalue weighted by atomic mass is 35.5. The summed E-state index contributed by atoms with van der Waals surface area (Å²) in [5.41, 5.74) is 0.153.